The number of amides is 2. The molecule has 1 N–H and O–H groups in total. The van der Waals surface area contributed by atoms with Crippen molar-refractivity contribution in [2.45, 2.75) is 57.5 Å². The lowest BCUT2D eigenvalue weighted by Gasteiger charge is -2.34. The van der Waals surface area contributed by atoms with E-state index in [1.54, 1.807) is 42.5 Å². The lowest BCUT2D eigenvalue weighted by Crippen LogP contribution is -2.53. The van der Waals surface area contributed by atoms with Gasteiger partial charge in [-0.3, -0.25) is 13.9 Å². The largest absolute Gasteiger partial charge is 0.354 e. The van der Waals surface area contributed by atoms with E-state index < -0.39 is 28.5 Å². The fraction of sp³-hybridized carbons (Fsp3) is 0.278. The second-order valence-corrected chi connectivity index (χ2v) is 13.9. The van der Waals surface area contributed by atoms with Gasteiger partial charge in [0.05, 0.1) is 10.6 Å². The minimum absolute atomic E-state index is 0.0420. The van der Waals surface area contributed by atoms with Gasteiger partial charge in [0.15, 0.2) is 0 Å². The summed E-state index contributed by atoms with van der Waals surface area (Å²) in [5.41, 5.74) is 3.44. The molecule has 1 atom stereocenters. The first kappa shape index (κ1) is 35.0. The molecule has 0 aliphatic heterocycles. The molecule has 2 amide bonds. The number of sulfonamides is 1. The lowest BCUT2D eigenvalue weighted by atomic mass is 10.0. The third kappa shape index (κ3) is 8.90. The molecule has 4 aromatic carbocycles. The Kier molecular flexibility index (Phi) is 12.3. The molecule has 0 bridgehead atoms. The molecule has 46 heavy (non-hydrogen) atoms. The molecule has 0 aromatic heterocycles. The molecule has 4 aromatic rings. The summed E-state index contributed by atoms with van der Waals surface area (Å²) in [5, 5.41) is 3.75. The zero-order chi connectivity index (χ0) is 33.3. The highest BCUT2D eigenvalue weighted by Crippen LogP contribution is 2.29. The summed E-state index contributed by atoms with van der Waals surface area (Å²) in [6.07, 6.45) is 1.87. The average molecular weight is 681 g/mol. The van der Waals surface area contributed by atoms with E-state index in [-0.39, 0.29) is 23.8 Å². The van der Waals surface area contributed by atoms with Crippen LogP contribution in [0.25, 0.3) is 0 Å². The Morgan fingerprint density at radius 2 is 1.54 bits per heavy atom. The summed E-state index contributed by atoms with van der Waals surface area (Å²) >= 11 is 12.8. The van der Waals surface area contributed by atoms with Crippen LogP contribution in [0.3, 0.4) is 0 Å². The van der Waals surface area contributed by atoms with Gasteiger partial charge in [-0.25, -0.2) is 8.42 Å². The normalized spacial score (nSPS) is 11.9. The van der Waals surface area contributed by atoms with E-state index in [4.69, 9.17) is 23.2 Å². The molecule has 0 heterocycles. The number of nitrogens with one attached hydrogen (secondary N) is 1. The number of nitrogens with zero attached hydrogens (tertiary/aromatic N) is 2. The molecule has 0 radical (unpaired) electrons. The molecule has 242 valence electrons. The van der Waals surface area contributed by atoms with E-state index in [2.05, 4.69) is 5.32 Å². The molecule has 0 saturated heterocycles. The zero-order valence-corrected chi connectivity index (χ0v) is 28.6. The van der Waals surface area contributed by atoms with Gasteiger partial charge in [0.1, 0.15) is 12.6 Å². The van der Waals surface area contributed by atoms with Gasteiger partial charge >= 0.3 is 0 Å². The summed E-state index contributed by atoms with van der Waals surface area (Å²) in [7, 11) is -4.19. The summed E-state index contributed by atoms with van der Waals surface area (Å²) in [6, 6.07) is 26.8. The smallest absolute Gasteiger partial charge is 0.264 e. The van der Waals surface area contributed by atoms with Gasteiger partial charge < -0.3 is 10.2 Å². The number of benzene rings is 4. The number of rotatable bonds is 14. The quantitative estimate of drug-likeness (QED) is 0.141. The highest BCUT2D eigenvalue weighted by Gasteiger charge is 2.35. The fourth-order valence-corrected chi connectivity index (χ4v) is 7.18. The Labute approximate surface area is 282 Å². The molecule has 0 aliphatic carbocycles. The second kappa shape index (κ2) is 16.1. The number of carbonyl (C=O) groups is 2. The molecule has 0 fully saturated rings. The first-order valence-electron chi connectivity index (χ1n) is 15.2. The van der Waals surface area contributed by atoms with Crippen LogP contribution in [0.5, 0.6) is 0 Å². The molecule has 0 saturated carbocycles. The van der Waals surface area contributed by atoms with E-state index >= 15 is 0 Å². The first-order valence-corrected chi connectivity index (χ1v) is 17.4. The van der Waals surface area contributed by atoms with Gasteiger partial charge in [-0.1, -0.05) is 109 Å². The molecule has 0 unspecified atom stereocenters. The fourth-order valence-electron chi connectivity index (χ4n) is 5.21. The van der Waals surface area contributed by atoms with Gasteiger partial charge in [-0.15, -0.1) is 0 Å². The summed E-state index contributed by atoms with van der Waals surface area (Å²) in [6.45, 7) is 5.62. The number of unbranched alkanes of at least 4 members (excludes halogenated alkanes) is 1. The van der Waals surface area contributed by atoms with E-state index in [0.717, 1.165) is 28.3 Å². The highest BCUT2D eigenvalue weighted by molar-refractivity contribution is 7.92. The molecule has 10 heteroatoms. The van der Waals surface area contributed by atoms with Gasteiger partial charge in [-0.05, 0) is 67.3 Å². The molecule has 7 nitrogen and oxygen atoms in total. The Balaban J connectivity index is 1.83. The third-order valence-corrected chi connectivity index (χ3v) is 10.0. The number of hydrogen-bond acceptors (Lipinski definition) is 4. The predicted molar refractivity (Wildman–Crippen MR) is 186 cm³/mol. The SMILES string of the molecule is CCCCNC(=O)[C@@H](Cc1ccccc1)N(Cc1ccc(Cl)cc1Cl)C(=O)CN(c1ccc(C)cc1C)S(=O)(=O)c1ccccc1. The maximum absolute atomic E-state index is 14.6. The van der Waals surface area contributed by atoms with Crippen LogP contribution in [0, 0.1) is 13.8 Å². The van der Waals surface area contributed by atoms with Crippen LogP contribution in [0.4, 0.5) is 5.69 Å². The van der Waals surface area contributed by atoms with Crippen LogP contribution in [0.2, 0.25) is 10.0 Å². The monoisotopic (exact) mass is 679 g/mol. The number of hydrogen-bond donors (Lipinski definition) is 1. The van der Waals surface area contributed by atoms with Crippen molar-refractivity contribution in [2.24, 2.45) is 0 Å². The standard InChI is InChI=1S/C36H39Cl2N3O4S/c1-4-5-20-39-36(43)34(22-28-12-8-6-9-13-28)40(24-29-17-18-30(37)23-32(29)38)35(42)25-41(33-19-16-26(2)21-27(33)3)46(44,45)31-14-10-7-11-15-31/h6-19,21,23,34H,4-5,20,22,24-25H2,1-3H3,(H,39,43)/t34-/m1/s1. The van der Waals surface area contributed by atoms with E-state index in [1.165, 1.54) is 17.0 Å². The zero-order valence-electron chi connectivity index (χ0n) is 26.2. The van der Waals surface area contributed by atoms with Crippen molar-refractivity contribution < 1.29 is 18.0 Å². The second-order valence-electron chi connectivity index (χ2n) is 11.2. The van der Waals surface area contributed by atoms with E-state index in [9.17, 15) is 18.0 Å². The molecular formula is C36H39Cl2N3O4S. The van der Waals surface area contributed by atoms with Crippen molar-refractivity contribution in [2.75, 3.05) is 17.4 Å². The minimum atomic E-state index is -4.19. The predicted octanol–water partition coefficient (Wildman–Crippen LogP) is 7.36. The van der Waals surface area contributed by atoms with E-state index in [1.807, 2.05) is 63.2 Å². The van der Waals surface area contributed by atoms with Crippen molar-refractivity contribution in [3.05, 3.63) is 129 Å². The van der Waals surface area contributed by atoms with Crippen LogP contribution in [-0.2, 0) is 32.6 Å². The van der Waals surface area contributed by atoms with Crippen molar-refractivity contribution in [3.8, 4) is 0 Å². The van der Waals surface area contributed by atoms with Gasteiger partial charge in [0.2, 0.25) is 11.8 Å². The maximum atomic E-state index is 14.6. The van der Waals surface area contributed by atoms with Gasteiger partial charge in [-0.2, -0.15) is 0 Å². The van der Waals surface area contributed by atoms with Crippen LogP contribution < -0.4 is 9.62 Å². The Bertz CT molecular complexity index is 1750. The molecule has 4 rings (SSSR count). The minimum Gasteiger partial charge on any atom is -0.354 e. The van der Waals surface area contributed by atoms with Crippen molar-refractivity contribution >= 4 is 50.7 Å². The van der Waals surface area contributed by atoms with Crippen molar-refractivity contribution in [3.63, 3.8) is 0 Å². The summed E-state index contributed by atoms with van der Waals surface area (Å²) in [5.74, 6) is -0.892. The van der Waals surface area contributed by atoms with Crippen molar-refractivity contribution in [1.29, 1.82) is 0 Å². The van der Waals surface area contributed by atoms with Crippen LogP contribution >= 0.6 is 23.2 Å². The number of halogens is 2. The van der Waals surface area contributed by atoms with Gasteiger partial charge in [0, 0.05) is 29.6 Å². The number of aryl methyl sites for hydroxylation is 2. The highest BCUT2D eigenvalue weighted by atomic mass is 35.5. The summed E-state index contributed by atoms with van der Waals surface area (Å²) < 4.78 is 29.5. The first-order chi connectivity index (χ1) is 22.0. The van der Waals surface area contributed by atoms with Gasteiger partial charge in [0.25, 0.3) is 10.0 Å². The summed E-state index contributed by atoms with van der Waals surface area (Å²) in [4.78, 5) is 30.0. The Morgan fingerprint density at radius 1 is 0.870 bits per heavy atom. The van der Waals surface area contributed by atoms with Crippen molar-refractivity contribution in [1.82, 2.24) is 10.2 Å². The van der Waals surface area contributed by atoms with Crippen LogP contribution in [-0.4, -0.2) is 44.3 Å². The Morgan fingerprint density at radius 3 is 2.17 bits per heavy atom. The number of anilines is 1. The van der Waals surface area contributed by atoms with Crippen LogP contribution in [0.15, 0.2) is 102 Å². The van der Waals surface area contributed by atoms with Crippen LogP contribution in [0.1, 0.15) is 42.0 Å². The van der Waals surface area contributed by atoms with E-state index in [0.29, 0.717) is 33.4 Å². The maximum Gasteiger partial charge on any atom is 0.264 e. The lowest BCUT2D eigenvalue weighted by molar-refractivity contribution is -0.140. The third-order valence-electron chi connectivity index (χ3n) is 7.69. The average Bonchev–Trinajstić information content (AvgIpc) is 3.03. The molecule has 0 spiro atoms. The molecule has 0 aliphatic rings. The molecular weight excluding hydrogens is 641 g/mol. The topological polar surface area (TPSA) is 86.8 Å². The number of carbonyl (C=O) groups excluding carboxylic acids is 2. The Hall–Kier alpha value is -3.85.